The van der Waals surface area contributed by atoms with Gasteiger partial charge in [-0.3, -0.25) is 4.79 Å². The summed E-state index contributed by atoms with van der Waals surface area (Å²) in [6.07, 6.45) is 0. The van der Waals surface area contributed by atoms with E-state index < -0.39 is 0 Å². The average molecular weight is 458 g/mol. The van der Waals surface area contributed by atoms with Crippen LogP contribution in [0, 0.1) is 7.14 Å². The van der Waals surface area contributed by atoms with Crippen molar-refractivity contribution in [2.75, 3.05) is 0 Å². The third-order valence-corrected chi connectivity index (χ3v) is 4.30. The van der Waals surface area contributed by atoms with E-state index in [0.29, 0.717) is 0 Å². The van der Waals surface area contributed by atoms with Crippen LogP contribution >= 0.6 is 45.2 Å². The van der Waals surface area contributed by atoms with Crippen molar-refractivity contribution >= 4 is 66.7 Å². The molecule has 3 aromatic rings. The van der Waals surface area contributed by atoms with Crippen LogP contribution in [0.3, 0.4) is 0 Å². The minimum Gasteiger partial charge on any atom is -0.289 e. The van der Waals surface area contributed by atoms with Crippen LogP contribution in [0.2, 0.25) is 0 Å². The molecule has 88 valence electrons. The Morgan fingerprint density at radius 3 is 1.50 bits per heavy atom. The van der Waals surface area contributed by atoms with Crippen LogP contribution in [0.4, 0.5) is 0 Å². The van der Waals surface area contributed by atoms with Crippen LogP contribution in [-0.4, -0.2) is 0 Å². The highest BCUT2D eigenvalue weighted by atomic mass is 127. The van der Waals surface area contributed by atoms with Crippen molar-refractivity contribution in [3.63, 3.8) is 0 Å². The summed E-state index contributed by atoms with van der Waals surface area (Å²) in [5.41, 5.74) is 0.113. The molecular weight excluding hydrogens is 450 g/mol. The second-order valence-corrected chi connectivity index (χ2v) is 6.62. The summed E-state index contributed by atoms with van der Waals surface area (Å²) in [5, 5.41) is 3.57. The van der Waals surface area contributed by atoms with Gasteiger partial charge in [0.25, 0.3) is 0 Å². The molecule has 0 saturated heterocycles. The molecule has 0 aliphatic rings. The molecule has 0 aliphatic carbocycles. The Bertz CT molecular complexity index is 758. The molecule has 18 heavy (non-hydrogen) atoms. The predicted molar refractivity (Wildman–Crippen MR) is 93.2 cm³/mol. The van der Waals surface area contributed by atoms with Gasteiger partial charge in [0, 0.05) is 17.9 Å². The first-order chi connectivity index (χ1) is 8.65. The summed E-state index contributed by atoms with van der Waals surface area (Å²) in [6.45, 7) is 0. The van der Waals surface area contributed by atoms with Crippen molar-refractivity contribution in [1.82, 2.24) is 0 Å². The van der Waals surface area contributed by atoms with Crippen molar-refractivity contribution in [1.29, 1.82) is 0 Å². The molecule has 3 heteroatoms. The van der Waals surface area contributed by atoms with Gasteiger partial charge in [-0.2, -0.15) is 0 Å². The number of hydrogen-bond acceptors (Lipinski definition) is 1. The highest BCUT2D eigenvalue weighted by molar-refractivity contribution is 14.1. The topological polar surface area (TPSA) is 17.1 Å². The van der Waals surface area contributed by atoms with Crippen molar-refractivity contribution in [2.24, 2.45) is 0 Å². The fourth-order valence-corrected chi connectivity index (χ4v) is 3.05. The molecule has 0 saturated carbocycles. The first kappa shape index (κ1) is 12.3. The van der Waals surface area contributed by atoms with Crippen LogP contribution in [0.15, 0.2) is 53.3 Å². The maximum absolute atomic E-state index is 12.6. The Labute approximate surface area is 131 Å². The van der Waals surface area contributed by atoms with Gasteiger partial charge < -0.3 is 0 Å². The van der Waals surface area contributed by atoms with Gasteiger partial charge in [0.1, 0.15) is 0 Å². The van der Waals surface area contributed by atoms with Crippen molar-refractivity contribution < 1.29 is 0 Å². The highest BCUT2D eigenvalue weighted by Gasteiger charge is 2.03. The number of benzene rings is 2. The second-order valence-electron chi connectivity index (χ2n) is 4.13. The maximum Gasteiger partial charge on any atom is 0.194 e. The zero-order valence-electron chi connectivity index (χ0n) is 9.28. The lowest BCUT2D eigenvalue weighted by atomic mass is 10.1. The Kier molecular flexibility index (Phi) is 3.27. The van der Waals surface area contributed by atoms with Crippen LogP contribution in [-0.2, 0) is 0 Å². The lowest BCUT2D eigenvalue weighted by Gasteiger charge is -1.94. The third-order valence-electron chi connectivity index (χ3n) is 2.96. The standard InChI is InChI=1S/C15H8I2O/c16-11-5-3-9-1-2-10-4-6-12(17)8-14(10)15(18)13(9)7-11/h1-8H. The lowest BCUT2D eigenvalue weighted by Crippen LogP contribution is -1.98. The van der Waals surface area contributed by atoms with Gasteiger partial charge in [-0.25, -0.2) is 0 Å². The summed E-state index contributed by atoms with van der Waals surface area (Å²) >= 11 is 4.47. The molecule has 0 spiro atoms. The molecule has 0 aromatic heterocycles. The van der Waals surface area contributed by atoms with E-state index in [1.807, 2.05) is 48.5 Å². The Hall–Kier alpha value is -0.690. The van der Waals surface area contributed by atoms with Crippen LogP contribution in [0.5, 0.6) is 0 Å². The summed E-state index contributed by atoms with van der Waals surface area (Å²) in [7, 11) is 0. The smallest absolute Gasteiger partial charge is 0.194 e. The number of fused-ring (bicyclic) bond motifs is 2. The Balaban J connectivity index is 2.62. The number of rotatable bonds is 0. The van der Waals surface area contributed by atoms with Crippen LogP contribution in [0.1, 0.15) is 0 Å². The van der Waals surface area contributed by atoms with E-state index in [0.717, 1.165) is 28.7 Å². The van der Waals surface area contributed by atoms with E-state index in [2.05, 4.69) is 45.2 Å². The molecule has 0 aliphatic heterocycles. The monoisotopic (exact) mass is 458 g/mol. The SMILES string of the molecule is O=c1c2cc(I)ccc2ccc2ccc(I)cc12. The molecule has 0 N–H and O–H groups in total. The van der Waals surface area contributed by atoms with E-state index in [4.69, 9.17) is 0 Å². The zero-order chi connectivity index (χ0) is 12.7. The number of hydrogen-bond donors (Lipinski definition) is 0. The molecule has 3 rings (SSSR count). The van der Waals surface area contributed by atoms with Crippen LogP contribution in [0.25, 0.3) is 21.5 Å². The zero-order valence-corrected chi connectivity index (χ0v) is 13.6. The summed E-state index contributed by atoms with van der Waals surface area (Å²) in [5.74, 6) is 0. The first-order valence-corrected chi connectivity index (χ1v) is 7.63. The molecule has 0 atom stereocenters. The van der Waals surface area contributed by atoms with E-state index in [9.17, 15) is 4.79 Å². The van der Waals surface area contributed by atoms with E-state index in [1.165, 1.54) is 0 Å². The van der Waals surface area contributed by atoms with Gasteiger partial charge in [0.15, 0.2) is 5.43 Å². The minimum absolute atomic E-state index is 0.113. The van der Waals surface area contributed by atoms with Gasteiger partial charge >= 0.3 is 0 Å². The van der Waals surface area contributed by atoms with Crippen LogP contribution < -0.4 is 5.43 Å². The van der Waals surface area contributed by atoms with Crippen molar-refractivity contribution in [2.45, 2.75) is 0 Å². The third kappa shape index (κ3) is 2.14. The van der Waals surface area contributed by atoms with E-state index in [-0.39, 0.29) is 5.43 Å². The van der Waals surface area contributed by atoms with Gasteiger partial charge in [0.2, 0.25) is 0 Å². The largest absolute Gasteiger partial charge is 0.289 e. The molecule has 0 bridgehead atoms. The fourth-order valence-electron chi connectivity index (χ4n) is 2.07. The molecule has 0 amide bonds. The number of halogens is 2. The summed E-state index contributed by atoms with van der Waals surface area (Å²) < 4.78 is 2.17. The predicted octanol–water partition coefficient (Wildman–Crippen LogP) is 4.56. The molecule has 0 radical (unpaired) electrons. The minimum atomic E-state index is 0.113. The quantitative estimate of drug-likeness (QED) is 0.452. The average Bonchev–Trinajstić information content (AvgIpc) is 2.49. The molecule has 0 heterocycles. The van der Waals surface area contributed by atoms with Crippen molar-refractivity contribution in [3.05, 3.63) is 65.9 Å². The molecule has 0 unspecified atom stereocenters. The van der Waals surface area contributed by atoms with E-state index in [1.54, 1.807) is 0 Å². The van der Waals surface area contributed by atoms with Gasteiger partial charge in [-0.1, -0.05) is 24.3 Å². The van der Waals surface area contributed by atoms with Gasteiger partial charge in [0.05, 0.1) is 0 Å². The molecular formula is C15H8I2O. The van der Waals surface area contributed by atoms with Crippen molar-refractivity contribution in [3.8, 4) is 0 Å². The van der Waals surface area contributed by atoms with E-state index >= 15 is 0 Å². The Morgan fingerprint density at radius 2 is 1.06 bits per heavy atom. The fraction of sp³-hybridized carbons (Fsp3) is 0. The lowest BCUT2D eigenvalue weighted by molar-refractivity contribution is 1.69. The second kappa shape index (κ2) is 4.77. The normalized spacial score (nSPS) is 11.0. The van der Waals surface area contributed by atoms with Gasteiger partial charge in [-0.05, 0) is 80.2 Å². The highest BCUT2D eigenvalue weighted by Crippen LogP contribution is 2.19. The molecule has 0 fully saturated rings. The first-order valence-electron chi connectivity index (χ1n) is 5.47. The summed E-state index contributed by atoms with van der Waals surface area (Å²) in [4.78, 5) is 12.6. The Morgan fingerprint density at radius 1 is 0.667 bits per heavy atom. The van der Waals surface area contributed by atoms with Gasteiger partial charge in [-0.15, -0.1) is 0 Å². The summed E-state index contributed by atoms with van der Waals surface area (Å²) in [6, 6.07) is 16.0. The maximum atomic E-state index is 12.6. The molecule has 1 nitrogen and oxygen atoms in total. The molecule has 3 aromatic carbocycles.